The third-order valence-electron chi connectivity index (χ3n) is 4.59. The third kappa shape index (κ3) is 4.32. The van der Waals surface area contributed by atoms with E-state index in [1.54, 1.807) is 16.4 Å². The van der Waals surface area contributed by atoms with E-state index in [2.05, 4.69) is 59.7 Å². The highest BCUT2D eigenvalue weighted by molar-refractivity contribution is 7.48. The van der Waals surface area contributed by atoms with Gasteiger partial charge in [-0.3, -0.25) is 0 Å². The standard InChI is InChI=1S/C20H33P/c1-19(2,3)16-13-10-14-17(18(16)20(4,5)6)21-15-11-8-7-9-12-15/h10,13-15,21H,7-9,11-12H2,1-6H3. The number of rotatable bonds is 2. The van der Waals surface area contributed by atoms with Crippen LogP contribution in [0.15, 0.2) is 18.2 Å². The molecule has 1 saturated carbocycles. The maximum absolute atomic E-state index is 2.41. The molecular weight excluding hydrogens is 271 g/mol. The van der Waals surface area contributed by atoms with Gasteiger partial charge in [0.25, 0.3) is 0 Å². The first-order valence-electron chi connectivity index (χ1n) is 8.60. The summed E-state index contributed by atoms with van der Waals surface area (Å²) in [4.78, 5) is 0. The molecule has 1 atom stereocenters. The zero-order valence-corrected chi connectivity index (χ0v) is 15.8. The van der Waals surface area contributed by atoms with Gasteiger partial charge < -0.3 is 0 Å². The molecule has 0 nitrogen and oxygen atoms in total. The van der Waals surface area contributed by atoms with Gasteiger partial charge in [-0.05, 0) is 45.8 Å². The molecule has 1 unspecified atom stereocenters. The molecule has 1 aromatic rings. The smallest absolute Gasteiger partial charge is 0.0123 e. The van der Waals surface area contributed by atoms with Gasteiger partial charge in [0.1, 0.15) is 0 Å². The summed E-state index contributed by atoms with van der Waals surface area (Å²) < 4.78 is 0. The molecule has 0 N–H and O–H groups in total. The zero-order chi connectivity index (χ0) is 15.7. The van der Waals surface area contributed by atoms with E-state index < -0.39 is 0 Å². The summed E-state index contributed by atoms with van der Waals surface area (Å²) in [6.07, 6.45) is 7.24. The predicted molar refractivity (Wildman–Crippen MR) is 98.7 cm³/mol. The van der Waals surface area contributed by atoms with Crippen molar-refractivity contribution in [3.8, 4) is 0 Å². The summed E-state index contributed by atoms with van der Waals surface area (Å²) in [5.74, 6) is 0. The van der Waals surface area contributed by atoms with Crippen molar-refractivity contribution in [2.24, 2.45) is 0 Å². The van der Waals surface area contributed by atoms with E-state index in [4.69, 9.17) is 0 Å². The first-order valence-corrected chi connectivity index (χ1v) is 9.68. The molecule has 1 heteroatoms. The minimum atomic E-state index is 0.232. The lowest BCUT2D eigenvalue weighted by Crippen LogP contribution is -2.28. The SMILES string of the molecule is CC(C)(C)c1cccc(PC2CCCCC2)c1C(C)(C)C. The quantitative estimate of drug-likeness (QED) is 0.595. The minimum Gasteiger partial charge on any atom is -0.0869 e. The molecule has 0 heterocycles. The van der Waals surface area contributed by atoms with Crippen LogP contribution in [0.4, 0.5) is 0 Å². The summed E-state index contributed by atoms with van der Waals surface area (Å²) in [6.45, 7) is 14.2. The van der Waals surface area contributed by atoms with Gasteiger partial charge in [0.2, 0.25) is 0 Å². The van der Waals surface area contributed by atoms with Crippen molar-refractivity contribution >= 4 is 13.9 Å². The van der Waals surface area contributed by atoms with Crippen molar-refractivity contribution < 1.29 is 0 Å². The van der Waals surface area contributed by atoms with Gasteiger partial charge in [0.05, 0.1) is 0 Å². The van der Waals surface area contributed by atoms with Gasteiger partial charge in [-0.1, -0.05) is 87.6 Å². The van der Waals surface area contributed by atoms with E-state index in [1.165, 1.54) is 32.1 Å². The largest absolute Gasteiger partial charge is 0.0869 e. The molecule has 1 aliphatic carbocycles. The Kier molecular flexibility index (Phi) is 5.19. The summed E-state index contributed by atoms with van der Waals surface area (Å²) in [5, 5.41) is 1.64. The molecule has 2 rings (SSSR count). The lowest BCUT2D eigenvalue weighted by Gasteiger charge is -2.33. The normalized spacial score (nSPS) is 18.6. The minimum absolute atomic E-state index is 0.232. The molecule has 21 heavy (non-hydrogen) atoms. The van der Waals surface area contributed by atoms with Crippen molar-refractivity contribution in [1.29, 1.82) is 0 Å². The third-order valence-corrected chi connectivity index (χ3v) is 6.30. The maximum atomic E-state index is 2.41. The van der Waals surface area contributed by atoms with Crippen LogP contribution < -0.4 is 5.30 Å². The number of hydrogen-bond donors (Lipinski definition) is 0. The van der Waals surface area contributed by atoms with Crippen LogP contribution in [0.2, 0.25) is 0 Å². The van der Waals surface area contributed by atoms with Gasteiger partial charge in [-0.15, -0.1) is 0 Å². The molecule has 0 spiro atoms. The van der Waals surface area contributed by atoms with Gasteiger partial charge in [0, 0.05) is 0 Å². The van der Waals surface area contributed by atoms with E-state index in [9.17, 15) is 0 Å². The van der Waals surface area contributed by atoms with Gasteiger partial charge in [-0.2, -0.15) is 0 Å². The van der Waals surface area contributed by atoms with Crippen LogP contribution in [0, 0.1) is 0 Å². The average molecular weight is 304 g/mol. The Morgan fingerprint density at radius 2 is 1.48 bits per heavy atom. The molecule has 0 saturated heterocycles. The van der Waals surface area contributed by atoms with Gasteiger partial charge in [-0.25, -0.2) is 0 Å². The van der Waals surface area contributed by atoms with Crippen molar-refractivity contribution in [2.45, 2.75) is 90.1 Å². The Labute approximate surface area is 133 Å². The second-order valence-electron chi connectivity index (χ2n) is 8.71. The van der Waals surface area contributed by atoms with Gasteiger partial charge >= 0.3 is 0 Å². The van der Waals surface area contributed by atoms with Crippen LogP contribution in [0.1, 0.15) is 84.8 Å². The first-order chi connectivity index (χ1) is 9.69. The topological polar surface area (TPSA) is 0 Å². The van der Waals surface area contributed by atoms with Crippen LogP contribution in [0.25, 0.3) is 0 Å². The molecule has 1 aromatic carbocycles. The molecule has 0 aromatic heterocycles. The Balaban J connectivity index is 2.40. The van der Waals surface area contributed by atoms with Crippen molar-refractivity contribution in [3.63, 3.8) is 0 Å². The fourth-order valence-electron chi connectivity index (χ4n) is 3.57. The van der Waals surface area contributed by atoms with E-state index in [1.807, 2.05) is 0 Å². The molecule has 1 fully saturated rings. The highest BCUT2D eigenvalue weighted by Gasteiger charge is 2.28. The second kappa shape index (κ2) is 6.41. The molecule has 0 amide bonds. The fourth-order valence-corrected chi connectivity index (χ4v) is 5.56. The Morgan fingerprint density at radius 3 is 2.00 bits per heavy atom. The van der Waals surface area contributed by atoms with Gasteiger partial charge in [0.15, 0.2) is 0 Å². The summed E-state index contributed by atoms with van der Waals surface area (Å²) in [7, 11) is 1.00. The molecular formula is C20H33P. The Hall–Kier alpha value is -0.350. The van der Waals surface area contributed by atoms with Crippen molar-refractivity contribution in [3.05, 3.63) is 29.3 Å². The zero-order valence-electron chi connectivity index (χ0n) is 14.8. The molecule has 1 aliphatic rings. The molecule has 0 aliphatic heterocycles. The second-order valence-corrected chi connectivity index (χ2v) is 10.4. The van der Waals surface area contributed by atoms with Crippen LogP contribution >= 0.6 is 8.58 Å². The van der Waals surface area contributed by atoms with Crippen LogP contribution in [-0.2, 0) is 10.8 Å². The van der Waals surface area contributed by atoms with E-state index in [-0.39, 0.29) is 10.8 Å². The van der Waals surface area contributed by atoms with Crippen molar-refractivity contribution in [1.82, 2.24) is 0 Å². The first kappa shape index (κ1) is 17.0. The van der Waals surface area contributed by atoms with Crippen LogP contribution in [0.5, 0.6) is 0 Å². The Bertz CT molecular complexity index is 468. The lowest BCUT2D eigenvalue weighted by molar-refractivity contribution is 0.513. The van der Waals surface area contributed by atoms with E-state index in [0.29, 0.717) is 0 Å². The highest BCUT2D eigenvalue weighted by atomic mass is 31.1. The molecule has 118 valence electrons. The van der Waals surface area contributed by atoms with Crippen molar-refractivity contribution in [2.75, 3.05) is 0 Å². The maximum Gasteiger partial charge on any atom is -0.0123 e. The van der Waals surface area contributed by atoms with E-state index in [0.717, 1.165) is 14.2 Å². The molecule has 0 radical (unpaired) electrons. The molecule has 0 bridgehead atoms. The number of hydrogen-bond acceptors (Lipinski definition) is 0. The van der Waals surface area contributed by atoms with Crippen LogP contribution in [0.3, 0.4) is 0 Å². The Morgan fingerprint density at radius 1 is 0.857 bits per heavy atom. The average Bonchev–Trinajstić information content (AvgIpc) is 2.37. The van der Waals surface area contributed by atoms with Crippen LogP contribution in [-0.4, -0.2) is 5.66 Å². The van der Waals surface area contributed by atoms with E-state index >= 15 is 0 Å². The lowest BCUT2D eigenvalue weighted by atomic mass is 9.75. The monoisotopic (exact) mass is 304 g/mol. The fraction of sp³-hybridized carbons (Fsp3) is 0.700. The number of benzene rings is 1. The summed E-state index contributed by atoms with van der Waals surface area (Å²) in [5.41, 5.74) is 4.59. The highest BCUT2D eigenvalue weighted by Crippen LogP contribution is 2.39. The summed E-state index contributed by atoms with van der Waals surface area (Å²) >= 11 is 0. The summed E-state index contributed by atoms with van der Waals surface area (Å²) in [6, 6.07) is 7.05. The predicted octanol–water partition coefficient (Wildman–Crippen LogP) is 5.92.